The van der Waals surface area contributed by atoms with E-state index in [1.54, 1.807) is 0 Å². The second-order valence-corrected chi connectivity index (χ2v) is 8.02. The van der Waals surface area contributed by atoms with Gasteiger partial charge in [0.1, 0.15) is 18.8 Å². The van der Waals surface area contributed by atoms with Gasteiger partial charge in [-0.2, -0.15) is 13.2 Å². The topological polar surface area (TPSA) is 114 Å². The van der Waals surface area contributed by atoms with Gasteiger partial charge in [0.05, 0.1) is 21.8 Å². The SMILES string of the molecule is O=C1CC(=O)Nc2cc(S(=O)(=O)NCCOc3cccc(C(F)(F)F)c3)ccc2N1. The van der Waals surface area contributed by atoms with E-state index in [2.05, 4.69) is 15.4 Å². The summed E-state index contributed by atoms with van der Waals surface area (Å²) in [6.07, 6.45) is -4.90. The van der Waals surface area contributed by atoms with E-state index < -0.39 is 33.6 Å². The minimum absolute atomic E-state index is 0.0486. The van der Waals surface area contributed by atoms with E-state index in [1.807, 2.05) is 0 Å². The molecule has 0 spiro atoms. The lowest BCUT2D eigenvalue weighted by atomic mass is 10.2. The van der Waals surface area contributed by atoms with E-state index in [9.17, 15) is 31.2 Å². The molecule has 0 aliphatic carbocycles. The molecule has 0 unspecified atom stereocenters. The first-order valence-electron chi connectivity index (χ1n) is 8.58. The molecule has 0 saturated heterocycles. The Morgan fingerprint density at radius 3 is 2.40 bits per heavy atom. The van der Waals surface area contributed by atoms with Crippen molar-refractivity contribution in [3.8, 4) is 5.75 Å². The molecule has 1 heterocycles. The summed E-state index contributed by atoms with van der Waals surface area (Å²) in [5, 5.41) is 4.92. The molecule has 0 fully saturated rings. The van der Waals surface area contributed by atoms with Crippen LogP contribution in [0.15, 0.2) is 47.4 Å². The molecule has 1 aliphatic rings. The van der Waals surface area contributed by atoms with E-state index in [1.165, 1.54) is 30.3 Å². The van der Waals surface area contributed by atoms with E-state index in [-0.39, 0.29) is 41.6 Å². The van der Waals surface area contributed by atoms with Crippen LogP contribution in [0.3, 0.4) is 0 Å². The van der Waals surface area contributed by atoms with Gasteiger partial charge in [0.15, 0.2) is 0 Å². The van der Waals surface area contributed by atoms with Gasteiger partial charge in [0, 0.05) is 6.54 Å². The number of fused-ring (bicyclic) bond motifs is 1. The molecule has 12 heteroatoms. The normalized spacial score (nSPS) is 14.4. The molecule has 160 valence electrons. The van der Waals surface area contributed by atoms with Crippen molar-refractivity contribution in [3.63, 3.8) is 0 Å². The first kappa shape index (κ1) is 21.6. The number of halogens is 3. The van der Waals surface area contributed by atoms with Crippen LogP contribution >= 0.6 is 0 Å². The quantitative estimate of drug-likeness (QED) is 0.469. The van der Waals surface area contributed by atoms with Gasteiger partial charge < -0.3 is 15.4 Å². The summed E-state index contributed by atoms with van der Waals surface area (Å²) in [4.78, 5) is 23.0. The summed E-state index contributed by atoms with van der Waals surface area (Å²) in [5.74, 6) is -1.15. The Morgan fingerprint density at radius 2 is 1.70 bits per heavy atom. The number of hydrogen-bond acceptors (Lipinski definition) is 5. The molecule has 2 aromatic carbocycles. The maximum absolute atomic E-state index is 12.7. The van der Waals surface area contributed by atoms with Gasteiger partial charge in [-0.05, 0) is 36.4 Å². The fourth-order valence-corrected chi connectivity index (χ4v) is 3.67. The Labute approximate surface area is 169 Å². The van der Waals surface area contributed by atoms with Crippen molar-refractivity contribution < 1.29 is 35.9 Å². The van der Waals surface area contributed by atoms with Crippen molar-refractivity contribution in [1.29, 1.82) is 0 Å². The van der Waals surface area contributed by atoms with Crippen LogP contribution in [0.2, 0.25) is 0 Å². The number of benzene rings is 2. The second-order valence-electron chi connectivity index (χ2n) is 6.25. The van der Waals surface area contributed by atoms with Crippen LogP contribution in [-0.2, 0) is 25.8 Å². The molecule has 3 N–H and O–H groups in total. The lowest BCUT2D eigenvalue weighted by Crippen LogP contribution is -2.28. The van der Waals surface area contributed by atoms with Crippen molar-refractivity contribution in [1.82, 2.24) is 4.72 Å². The molecular formula is C18H16F3N3O5S. The van der Waals surface area contributed by atoms with Crippen LogP contribution in [-0.4, -0.2) is 33.4 Å². The number of amides is 2. The minimum Gasteiger partial charge on any atom is -0.492 e. The Kier molecular flexibility index (Phi) is 5.99. The molecule has 0 bridgehead atoms. The molecule has 0 saturated carbocycles. The highest BCUT2D eigenvalue weighted by Gasteiger charge is 2.30. The first-order chi connectivity index (χ1) is 14.0. The number of carbonyl (C=O) groups excluding carboxylic acids is 2. The average molecular weight is 443 g/mol. The first-order valence-corrected chi connectivity index (χ1v) is 10.1. The highest BCUT2D eigenvalue weighted by atomic mass is 32.2. The smallest absolute Gasteiger partial charge is 0.416 e. The van der Waals surface area contributed by atoms with Crippen LogP contribution < -0.4 is 20.1 Å². The zero-order valence-corrected chi connectivity index (χ0v) is 16.1. The largest absolute Gasteiger partial charge is 0.492 e. The van der Waals surface area contributed by atoms with E-state index in [4.69, 9.17) is 4.74 Å². The van der Waals surface area contributed by atoms with Crippen LogP contribution in [0.4, 0.5) is 24.5 Å². The van der Waals surface area contributed by atoms with Crippen molar-refractivity contribution in [2.75, 3.05) is 23.8 Å². The third-order valence-corrected chi connectivity index (χ3v) is 5.45. The number of anilines is 2. The van der Waals surface area contributed by atoms with Crippen LogP contribution in [0.25, 0.3) is 0 Å². The van der Waals surface area contributed by atoms with Crippen molar-refractivity contribution in [2.24, 2.45) is 0 Å². The molecule has 3 rings (SSSR count). The lowest BCUT2D eigenvalue weighted by molar-refractivity contribution is -0.137. The Hall–Kier alpha value is -3.12. The van der Waals surface area contributed by atoms with Gasteiger partial charge in [-0.3, -0.25) is 9.59 Å². The molecule has 2 aromatic rings. The summed E-state index contributed by atoms with van der Waals surface area (Å²) in [6, 6.07) is 8.00. The van der Waals surface area contributed by atoms with Gasteiger partial charge >= 0.3 is 6.18 Å². The number of rotatable bonds is 6. The highest BCUT2D eigenvalue weighted by molar-refractivity contribution is 7.89. The number of nitrogens with one attached hydrogen (secondary N) is 3. The van der Waals surface area contributed by atoms with Gasteiger partial charge in [-0.25, -0.2) is 13.1 Å². The maximum Gasteiger partial charge on any atom is 0.416 e. The third-order valence-electron chi connectivity index (χ3n) is 3.99. The zero-order chi connectivity index (χ0) is 21.9. The number of ether oxygens (including phenoxy) is 1. The van der Waals surface area contributed by atoms with Crippen LogP contribution in [0, 0.1) is 0 Å². The lowest BCUT2D eigenvalue weighted by Gasteiger charge is -2.12. The predicted molar refractivity (Wildman–Crippen MR) is 100 cm³/mol. The second kappa shape index (κ2) is 8.32. The molecule has 30 heavy (non-hydrogen) atoms. The molecule has 8 nitrogen and oxygen atoms in total. The fraction of sp³-hybridized carbons (Fsp3) is 0.222. The number of carbonyl (C=O) groups is 2. The van der Waals surface area contributed by atoms with Crippen molar-refractivity contribution in [2.45, 2.75) is 17.5 Å². The summed E-state index contributed by atoms with van der Waals surface area (Å²) < 4.78 is 70.4. The maximum atomic E-state index is 12.7. The molecule has 0 atom stereocenters. The number of alkyl halides is 3. The van der Waals surface area contributed by atoms with Gasteiger partial charge in [-0.15, -0.1) is 0 Å². The predicted octanol–water partition coefficient (Wildman–Crippen LogP) is 2.34. The Bertz CT molecular complexity index is 1090. The van der Waals surface area contributed by atoms with Crippen molar-refractivity contribution in [3.05, 3.63) is 48.0 Å². The average Bonchev–Trinajstić information content (AvgIpc) is 2.80. The van der Waals surface area contributed by atoms with Crippen LogP contribution in [0.1, 0.15) is 12.0 Å². The molecular weight excluding hydrogens is 427 g/mol. The molecule has 0 aromatic heterocycles. The number of sulfonamides is 1. The van der Waals surface area contributed by atoms with Crippen molar-refractivity contribution >= 4 is 33.2 Å². The fourth-order valence-electron chi connectivity index (χ4n) is 2.63. The summed E-state index contributed by atoms with van der Waals surface area (Å²) in [6.45, 7) is -0.420. The molecule has 1 aliphatic heterocycles. The van der Waals surface area contributed by atoms with E-state index in [0.29, 0.717) is 0 Å². The van der Waals surface area contributed by atoms with E-state index >= 15 is 0 Å². The minimum atomic E-state index is -4.51. The zero-order valence-electron chi connectivity index (χ0n) is 15.2. The monoisotopic (exact) mass is 443 g/mol. The summed E-state index contributed by atoms with van der Waals surface area (Å²) in [5.41, 5.74) is -0.480. The Balaban J connectivity index is 1.62. The molecule has 2 amide bonds. The summed E-state index contributed by atoms with van der Waals surface area (Å²) in [7, 11) is -4.00. The highest BCUT2D eigenvalue weighted by Crippen LogP contribution is 2.31. The van der Waals surface area contributed by atoms with Gasteiger partial charge in [0.25, 0.3) is 0 Å². The van der Waals surface area contributed by atoms with Crippen LogP contribution in [0.5, 0.6) is 5.75 Å². The number of hydrogen-bond donors (Lipinski definition) is 3. The Morgan fingerprint density at radius 1 is 1.00 bits per heavy atom. The van der Waals surface area contributed by atoms with Gasteiger partial charge in [-0.1, -0.05) is 6.07 Å². The summed E-state index contributed by atoms with van der Waals surface area (Å²) >= 11 is 0. The molecule has 0 radical (unpaired) electrons. The standard InChI is InChI=1S/C18H16F3N3O5S/c19-18(20,21)11-2-1-3-12(8-11)29-7-6-22-30(27,28)13-4-5-14-15(9-13)24-17(26)10-16(25)23-14/h1-5,8-9,22H,6-7,10H2,(H,23,25)(H,24,26). The van der Waals surface area contributed by atoms with E-state index in [0.717, 1.165) is 12.1 Å². The van der Waals surface area contributed by atoms with Gasteiger partial charge in [0.2, 0.25) is 21.8 Å². The third kappa shape index (κ3) is 5.27.